The van der Waals surface area contributed by atoms with Crippen molar-refractivity contribution in [2.45, 2.75) is 71.8 Å². The number of aliphatic hydroxyl groups excluding tert-OH is 2. The molecule has 1 aromatic heterocycles. The van der Waals surface area contributed by atoms with Crippen molar-refractivity contribution < 1.29 is 33.8 Å². The number of fused-ring (bicyclic) bond motifs is 2. The quantitative estimate of drug-likeness (QED) is 0.424. The third-order valence-corrected chi connectivity index (χ3v) is 5.62. The van der Waals surface area contributed by atoms with Gasteiger partial charge in [-0.2, -0.15) is 0 Å². The van der Waals surface area contributed by atoms with Gasteiger partial charge in [0.1, 0.15) is 18.4 Å². The van der Waals surface area contributed by atoms with Crippen LogP contribution in [0, 0.1) is 11.8 Å². The molecule has 1 aliphatic heterocycles. The van der Waals surface area contributed by atoms with Gasteiger partial charge in [-0.15, -0.1) is 0 Å². The molecular weight excluding hydrogens is 466 g/mol. The SMILES string of the molecule is CC1=C\[C@@H](O)C[C@@H](O)Cc2nc(co2)C(=O)N[C@H](C)C(=O)O[C@H](C(C)C)[C@H](C)/C=C\C(=O)NC\C=C\1. The van der Waals surface area contributed by atoms with Gasteiger partial charge in [0.15, 0.2) is 11.6 Å². The highest BCUT2D eigenvalue weighted by molar-refractivity contribution is 5.94. The number of allylic oxidation sites excluding steroid dienone is 2. The number of amides is 2. The average molecular weight is 504 g/mol. The Morgan fingerprint density at radius 3 is 2.56 bits per heavy atom. The normalized spacial score (nSPS) is 30.9. The van der Waals surface area contributed by atoms with Crippen LogP contribution in [-0.2, 0) is 20.7 Å². The summed E-state index contributed by atoms with van der Waals surface area (Å²) < 4.78 is 10.9. The van der Waals surface area contributed by atoms with Crippen LogP contribution >= 0.6 is 0 Å². The molecule has 1 aliphatic rings. The molecule has 2 rings (SSSR count). The standard InChI is InChI=1S/C26H37N3O7/c1-15(2)24-17(4)8-9-22(32)27-10-6-7-16(3)11-19(30)12-20(31)13-23-29-21(14-35-23)25(33)28-18(5)26(34)36-24/h6-9,11,14-15,17-20,24,30-31H,10,12-13H2,1-5H3,(H,27,32)(H,28,33)/b7-6+,9-8-,16-11+/t17-,18-,19-,20-,24-/m1/s1. The molecular formula is C26H37N3O7. The molecule has 0 fully saturated rings. The number of nitrogens with one attached hydrogen (secondary N) is 2. The number of cyclic esters (lactones) is 1. The first-order chi connectivity index (χ1) is 17.0. The van der Waals surface area contributed by atoms with Crippen molar-refractivity contribution in [1.29, 1.82) is 0 Å². The highest BCUT2D eigenvalue weighted by Crippen LogP contribution is 2.19. The topological polar surface area (TPSA) is 151 Å². The maximum atomic E-state index is 12.7. The fourth-order valence-corrected chi connectivity index (χ4v) is 3.73. The summed E-state index contributed by atoms with van der Waals surface area (Å²) in [5.41, 5.74) is 0.719. The molecule has 10 nitrogen and oxygen atoms in total. The smallest absolute Gasteiger partial charge is 0.328 e. The van der Waals surface area contributed by atoms with Crippen LogP contribution in [0.4, 0.5) is 0 Å². The zero-order valence-electron chi connectivity index (χ0n) is 21.4. The average Bonchev–Trinajstić information content (AvgIpc) is 3.25. The van der Waals surface area contributed by atoms with Crippen molar-refractivity contribution >= 4 is 17.8 Å². The lowest BCUT2D eigenvalue weighted by Crippen LogP contribution is -2.42. The molecule has 36 heavy (non-hydrogen) atoms. The molecule has 0 radical (unpaired) electrons. The van der Waals surface area contributed by atoms with Crippen molar-refractivity contribution in [2.24, 2.45) is 11.8 Å². The van der Waals surface area contributed by atoms with Crippen molar-refractivity contribution in [3.05, 3.63) is 53.8 Å². The monoisotopic (exact) mass is 503 g/mol. The minimum atomic E-state index is -0.959. The minimum Gasteiger partial charge on any atom is -0.460 e. The van der Waals surface area contributed by atoms with Gasteiger partial charge in [0.05, 0.1) is 18.6 Å². The minimum absolute atomic E-state index is 0.00233. The third kappa shape index (κ3) is 9.43. The summed E-state index contributed by atoms with van der Waals surface area (Å²) >= 11 is 0. The summed E-state index contributed by atoms with van der Waals surface area (Å²) in [6.45, 7) is 9.24. The van der Waals surface area contributed by atoms with Gasteiger partial charge in [0.25, 0.3) is 5.91 Å². The molecule has 0 unspecified atom stereocenters. The Labute approximate surface area is 211 Å². The molecule has 0 aliphatic carbocycles. The van der Waals surface area contributed by atoms with E-state index in [0.717, 1.165) is 11.8 Å². The van der Waals surface area contributed by atoms with Gasteiger partial charge in [-0.1, -0.05) is 50.6 Å². The molecule has 4 N–H and O–H groups in total. The molecule has 10 heteroatoms. The Hall–Kier alpha value is -3.24. The second-order valence-electron chi connectivity index (χ2n) is 9.40. The predicted molar refractivity (Wildman–Crippen MR) is 133 cm³/mol. The Kier molecular flexibility index (Phi) is 11.1. The van der Waals surface area contributed by atoms with E-state index in [2.05, 4.69) is 15.6 Å². The van der Waals surface area contributed by atoms with Crippen LogP contribution in [0.5, 0.6) is 0 Å². The van der Waals surface area contributed by atoms with Crippen LogP contribution < -0.4 is 10.6 Å². The van der Waals surface area contributed by atoms with Crippen LogP contribution in [0.15, 0.2) is 46.6 Å². The molecule has 2 heterocycles. The molecule has 0 saturated carbocycles. The predicted octanol–water partition coefficient (Wildman–Crippen LogP) is 1.84. The van der Waals surface area contributed by atoms with Crippen molar-refractivity contribution in [3.63, 3.8) is 0 Å². The van der Waals surface area contributed by atoms with Crippen LogP contribution in [0.2, 0.25) is 0 Å². The first-order valence-corrected chi connectivity index (χ1v) is 12.1. The van der Waals surface area contributed by atoms with E-state index in [4.69, 9.17) is 9.15 Å². The molecule has 1 aromatic rings. The number of carbonyl (C=O) groups excluding carboxylic acids is 3. The summed E-state index contributed by atoms with van der Waals surface area (Å²) in [5.74, 6) is -1.70. The lowest BCUT2D eigenvalue weighted by Gasteiger charge is -2.27. The first kappa shape index (κ1) is 29.0. The lowest BCUT2D eigenvalue weighted by molar-refractivity contribution is -0.155. The Bertz CT molecular complexity index is 995. The number of ether oxygens (including phenoxy) is 1. The van der Waals surface area contributed by atoms with Crippen LogP contribution in [0.1, 0.15) is 57.4 Å². The number of hydrogen-bond acceptors (Lipinski definition) is 8. The van der Waals surface area contributed by atoms with Gasteiger partial charge < -0.3 is 30.0 Å². The van der Waals surface area contributed by atoms with Gasteiger partial charge in [0, 0.05) is 18.9 Å². The molecule has 0 aromatic carbocycles. The fourth-order valence-electron chi connectivity index (χ4n) is 3.73. The van der Waals surface area contributed by atoms with Crippen LogP contribution in [-0.4, -0.2) is 63.9 Å². The molecule has 2 amide bonds. The van der Waals surface area contributed by atoms with Crippen molar-refractivity contribution in [3.8, 4) is 0 Å². The first-order valence-electron chi connectivity index (χ1n) is 12.1. The molecule has 0 saturated heterocycles. The number of esters is 1. The second kappa shape index (κ2) is 13.7. The number of nitrogens with zero attached hydrogens (tertiary/aromatic N) is 1. The lowest BCUT2D eigenvalue weighted by atomic mass is 9.94. The van der Waals surface area contributed by atoms with Gasteiger partial charge >= 0.3 is 5.97 Å². The van der Waals surface area contributed by atoms with Gasteiger partial charge in [0.2, 0.25) is 5.91 Å². The van der Waals surface area contributed by atoms with E-state index in [1.54, 1.807) is 31.2 Å². The van der Waals surface area contributed by atoms with Crippen molar-refractivity contribution in [1.82, 2.24) is 15.6 Å². The van der Waals surface area contributed by atoms with Gasteiger partial charge in [-0.3, -0.25) is 9.59 Å². The fraction of sp³-hybridized carbons (Fsp3) is 0.538. The maximum absolute atomic E-state index is 12.7. The summed E-state index contributed by atoms with van der Waals surface area (Å²) in [4.78, 5) is 41.5. The highest BCUT2D eigenvalue weighted by atomic mass is 16.5. The Morgan fingerprint density at radius 1 is 1.14 bits per heavy atom. The number of rotatable bonds is 1. The summed E-state index contributed by atoms with van der Waals surface area (Å²) in [5, 5.41) is 25.8. The Morgan fingerprint density at radius 2 is 1.86 bits per heavy atom. The van der Waals surface area contributed by atoms with Gasteiger partial charge in [-0.25, -0.2) is 9.78 Å². The van der Waals surface area contributed by atoms with E-state index in [1.165, 1.54) is 13.0 Å². The number of aromatic nitrogens is 1. The highest BCUT2D eigenvalue weighted by Gasteiger charge is 2.28. The number of aliphatic hydroxyl groups is 2. The summed E-state index contributed by atoms with van der Waals surface area (Å²) in [6, 6.07) is -0.956. The van der Waals surface area contributed by atoms with Crippen LogP contribution in [0.25, 0.3) is 0 Å². The van der Waals surface area contributed by atoms with E-state index in [9.17, 15) is 24.6 Å². The Balaban J connectivity index is 2.24. The van der Waals surface area contributed by atoms with Crippen molar-refractivity contribution in [2.75, 3.05) is 6.54 Å². The zero-order chi connectivity index (χ0) is 26.8. The van der Waals surface area contributed by atoms with E-state index in [-0.39, 0.29) is 48.7 Å². The second-order valence-corrected chi connectivity index (χ2v) is 9.40. The summed E-state index contributed by atoms with van der Waals surface area (Å²) in [6.07, 6.45) is 6.98. The molecule has 5 atom stereocenters. The molecule has 2 bridgehead atoms. The largest absolute Gasteiger partial charge is 0.460 e. The maximum Gasteiger partial charge on any atom is 0.328 e. The van der Waals surface area contributed by atoms with E-state index in [0.29, 0.717) is 0 Å². The van der Waals surface area contributed by atoms with E-state index in [1.807, 2.05) is 20.8 Å². The molecule has 198 valence electrons. The van der Waals surface area contributed by atoms with Gasteiger partial charge in [-0.05, 0) is 25.8 Å². The van der Waals surface area contributed by atoms with E-state index < -0.39 is 36.2 Å². The summed E-state index contributed by atoms with van der Waals surface area (Å²) in [7, 11) is 0. The number of hydrogen-bond donors (Lipinski definition) is 4. The van der Waals surface area contributed by atoms with E-state index >= 15 is 0 Å². The zero-order valence-corrected chi connectivity index (χ0v) is 21.4. The number of oxazole rings is 1. The third-order valence-electron chi connectivity index (χ3n) is 5.62. The number of carbonyl (C=O) groups is 3. The molecule has 0 spiro atoms. The van der Waals surface area contributed by atoms with Crippen LogP contribution in [0.3, 0.4) is 0 Å².